The maximum absolute atomic E-state index is 12.9. The van der Waals surface area contributed by atoms with Gasteiger partial charge in [0.05, 0.1) is 5.52 Å². The first kappa shape index (κ1) is 19.2. The predicted octanol–water partition coefficient (Wildman–Crippen LogP) is 3.96. The molecule has 0 unspecified atom stereocenters. The van der Waals surface area contributed by atoms with Gasteiger partial charge in [0.25, 0.3) is 5.91 Å². The lowest BCUT2D eigenvalue weighted by molar-refractivity contribution is 0.0746. The summed E-state index contributed by atoms with van der Waals surface area (Å²) >= 11 is 0. The number of amides is 1. The fourth-order valence-electron chi connectivity index (χ4n) is 3.93. The van der Waals surface area contributed by atoms with E-state index >= 15 is 0 Å². The zero-order chi connectivity index (χ0) is 21.2. The van der Waals surface area contributed by atoms with Crippen LogP contribution < -0.4 is 4.90 Å². The van der Waals surface area contributed by atoms with Crippen LogP contribution in [0.3, 0.4) is 0 Å². The average Bonchev–Trinajstić information content (AvgIpc) is 2.84. The first-order valence-electron chi connectivity index (χ1n) is 10.5. The van der Waals surface area contributed by atoms with Gasteiger partial charge in [-0.25, -0.2) is 9.97 Å². The Kier molecular flexibility index (Phi) is 5.04. The smallest absolute Gasteiger partial charge is 0.253 e. The fourth-order valence-corrected chi connectivity index (χ4v) is 3.93. The lowest BCUT2D eigenvalue weighted by Gasteiger charge is -2.36. The normalized spacial score (nSPS) is 14.1. The Labute approximate surface area is 181 Å². The first-order valence-corrected chi connectivity index (χ1v) is 10.5. The molecule has 31 heavy (non-hydrogen) atoms. The number of benzene rings is 2. The molecule has 3 heterocycles. The van der Waals surface area contributed by atoms with Crippen LogP contribution in [0.4, 0.5) is 5.82 Å². The van der Waals surface area contributed by atoms with Crippen LogP contribution in [0.2, 0.25) is 0 Å². The predicted molar refractivity (Wildman–Crippen MR) is 122 cm³/mol. The molecule has 1 amide bonds. The second-order valence-electron chi connectivity index (χ2n) is 7.77. The van der Waals surface area contributed by atoms with Crippen LogP contribution in [0.15, 0.2) is 73.1 Å². The monoisotopic (exact) mass is 409 g/mol. The van der Waals surface area contributed by atoms with Crippen LogP contribution >= 0.6 is 0 Å². The molecule has 2 aromatic carbocycles. The summed E-state index contributed by atoms with van der Waals surface area (Å²) in [4.78, 5) is 30.9. The van der Waals surface area contributed by atoms with Gasteiger partial charge in [0.15, 0.2) is 5.82 Å². The average molecular weight is 409 g/mol. The highest BCUT2D eigenvalue weighted by atomic mass is 16.2. The topological polar surface area (TPSA) is 62.2 Å². The fraction of sp³-hybridized carbons (Fsp3) is 0.200. The van der Waals surface area contributed by atoms with Crippen LogP contribution in [-0.2, 0) is 0 Å². The molecule has 5 rings (SSSR count). The highest BCUT2D eigenvalue weighted by molar-refractivity contribution is 5.95. The second-order valence-corrected chi connectivity index (χ2v) is 7.77. The molecule has 1 saturated heterocycles. The van der Waals surface area contributed by atoms with E-state index in [0.717, 1.165) is 46.5 Å². The minimum absolute atomic E-state index is 0.0863. The van der Waals surface area contributed by atoms with Crippen LogP contribution in [0, 0.1) is 6.92 Å². The molecule has 154 valence electrons. The summed E-state index contributed by atoms with van der Waals surface area (Å²) in [5.74, 6) is 1.66. The Hall–Kier alpha value is -3.80. The molecule has 6 nitrogen and oxygen atoms in total. The number of fused-ring (bicyclic) bond motifs is 1. The number of carbonyl (C=O) groups is 1. The maximum Gasteiger partial charge on any atom is 0.253 e. The van der Waals surface area contributed by atoms with E-state index in [0.29, 0.717) is 18.9 Å². The Bertz CT molecular complexity index is 1220. The van der Waals surface area contributed by atoms with E-state index in [-0.39, 0.29) is 5.91 Å². The third-order valence-corrected chi connectivity index (χ3v) is 5.67. The molecule has 1 fully saturated rings. The molecule has 0 spiro atoms. The summed E-state index contributed by atoms with van der Waals surface area (Å²) in [5, 5.41) is 1.02. The quantitative estimate of drug-likeness (QED) is 0.513. The van der Waals surface area contributed by atoms with Gasteiger partial charge in [-0.15, -0.1) is 0 Å². The lowest BCUT2D eigenvalue weighted by Crippen LogP contribution is -2.49. The summed E-state index contributed by atoms with van der Waals surface area (Å²) in [6, 6.07) is 19.7. The molecule has 0 aliphatic carbocycles. The largest absolute Gasteiger partial charge is 0.352 e. The van der Waals surface area contributed by atoms with E-state index in [9.17, 15) is 4.79 Å². The molecule has 2 aromatic heterocycles. The van der Waals surface area contributed by atoms with E-state index in [4.69, 9.17) is 9.97 Å². The van der Waals surface area contributed by atoms with Gasteiger partial charge in [-0.05, 0) is 43.3 Å². The number of carbonyl (C=O) groups excluding carboxylic acids is 1. The second kappa shape index (κ2) is 8.14. The van der Waals surface area contributed by atoms with Gasteiger partial charge in [-0.1, -0.05) is 29.8 Å². The van der Waals surface area contributed by atoms with Gasteiger partial charge in [0.1, 0.15) is 5.82 Å². The van der Waals surface area contributed by atoms with E-state index in [1.54, 1.807) is 12.4 Å². The van der Waals surface area contributed by atoms with Gasteiger partial charge in [0.2, 0.25) is 0 Å². The van der Waals surface area contributed by atoms with Gasteiger partial charge in [-0.2, -0.15) is 0 Å². The highest BCUT2D eigenvalue weighted by Gasteiger charge is 2.24. The molecule has 6 heteroatoms. The highest BCUT2D eigenvalue weighted by Crippen LogP contribution is 2.28. The van der Waals surface area contributed by atoms with Crippen molar-refractivity contribution in [3.05, 3.63) is 84.2 Å². The molecular weight excluding hydrogens is 386 g/mol. The van der Waals surface area contributed by atoms with Crippen molar-refractivity contribution in [2.24, 2.45) is 0 Å². The SMILES string of the molecule is Cc1ccc(C(=O)N2CCN(c3nc(-c4cccnc4)nc4ccccc34)CC2)cc1. The van der Waals surface area contributed by atoms with Crippen molar-refractivity contribution in [3.8, 4) is 11.4 Å². The summed E-state index contributed by atoms with van der Waals surface area (Å²) in [5.41, 5.74) is 3.69. The third kappa shape index (κ3) is 3.84. The van der Waals surface area contributed by atoms with Gasteiger partial charge in [-0.3, -0.25) is 9.78 Å². The van der Waals surface area contributed by atoms with E-state index < -0.39 is 0 Å². The van der Waals surface area contributed by atoms with Crippen molar-refractivity contribution in [1.29, 1.82) is 0 Å². The van der Waals surface area contributed by atoms with E-state index in [1.165, 1.54) is 0 Å². The Morgan fingerprint density at radius 1 is 0.871 bits per heavy atom. The molecule has 0 radical (unpaired) electrons. The molecule has 1 aliphatic heterocycles. The number of rotatable bonds is 3. The number of anilines is 1. The summed E-state index contributed by atoms with van der Waals surface area (Å²) in [6.07, 6.45) is 3.53. The van der Waals surface area contributed by atoms with Crippen molar-refractivity contribution in [1.82, 2.24) is 19.9 Å². The van der Waals surface area contributed by atoms with Crippen molar-refractivity contribution < 1.29 is 4.79 Å². The van der Waals surface area contributed by atoms with E-state index in [1.807, 2.05) is 66.4 Å². The van der Waals surface area contributed by atoms with Crippen LogP contribution in [0.1, 0.15) is 15.9 Å². The number of piperazine rings is 1. The van der Waals surface area contributed by atoms with Crippen LogP contribution in [-0.4, -0.2) is 51.9 Å². The van der Waals surface area contributed by atoms with Crippen LogP contribution in [0.25, 0.3) is 22.3 Å². The van der Waals surface area contributed by atoms with E-state index in [2.05, 4.69) is 16.0 Å². The molecule has 0 saturated carbocycles. The van der Waals surface area contributed by atoms with Crippen LogP contribution in [0.5, 0.6) is 0 Å². The minimum Gasteiger partial charge on any atom is -0.352 e. The number of nitrogens with zero attached hydrogens (tertiary/aromatic N) is 5. The summed E-state index contributed by atoms with van der Waals surface area (Å²) < 4.78 is 0. The van der Waals surface area contributed by atoms with Gasteiger partial charge in [0, 0.05) is 55.1 Å². The first-order chi connectivity index (χ1) is 15.2. The van der Waals surface area contributed by atoms with Crippen molar-refractivity contribution in [2.75, 3.05) is 31.1 Å². The van der Waals surface area contributed by atoms with Gasteiger partial charge >= 0.3 is 0 Å². The van der Waals surface area contributed by atoms with Crippen molar-refractivity contribution in [2.45, 2.75) is 6.92 Å². The molecule has 0 N–H and O–H groups in total. The molecule has 1 aliphatic rings. The molecule has 4 aromatic rings. The standard InChI is InChI=1S/C25H23N5O/c1-18-8-10-19(11-9-18)25(31)30-15-13-29(14-16-30)24-21-6-2-3-7-22(21)27-23(28-24)20-5-4-12-26-17-20/h2-12,17H,13-16H2,1H3. The molecule has 0 atom stereocenters. The van der Waals surface area contributed by atoms with Crippen molar-refractivity contribution >= 4 is 22.6 Å². The number of aromatic nitrogens is 3. The Balaban J connectivity index is 1.41. The zero-order valence-electron chi connectivity index (χ0n) is 17.4. The number of hydrogen-bond acceptors (Lipinski definition) is 5. The number of pyridine rings is 1. The molecule has 0 bridgehead atoms. The summed E-state index contributed by atoms with van der Waals surface area (Å²) in [6.45, 7) is 4.80. The Morgan fingerprint density at radius 3 is 2.39 bits per heavy atom. The maximum atomic E-state index is 12.9. The number of para-hydroxylation sites is 1. The summed E-state index contributed by atoms with van der Waals surface area (Å²) in [7, 11) is 0. The number of aryl methyl sites for hydroxylation is 1. The van der Waals surface area contributed by atoms with Gasteiger partial charge < -0.3 is 9.80 Å². The third-order valence-electron chi connectivity index (χ3n) is 5.67. The number of hydrogen-bond donors (Lipinski definition) is 0. The Morgan fingerprint density at radius 2 is 1.65 bits per heavy atom. The van der Waals surface area contributed by atoms with Crippen molar-refractivity contribution in [3.63, 3.8) is 0 Å². The minimum atomic E-state index is 0.0863. The zero-order valence-corrected chi connectivity index (χ0v) is 17.4. The lowest BCUT2D eigenvalue weighted by atomic mass is 10.1. The molecular formula is C25H23N5O.